The Morgan fingerprint density at radius 2 is 1.25 bits per heavy atom. The van der Waals surface area contributed by atoms with Gasteiger partial charge in [0.25, 0.3) is 0 Å². The molecule has 1 aliphatic carbocycles. The second-order valence-electron chi connectivity index (χ2n) is 3.56. The lowest BCUT2D eigenvalue weighted by molar-refractivity contribution is -0.166. The number of carbonyl (C=O) groups excluding carboxylic acids is 4. The molecule has 0 aromatic heterocycles. The van der Waals surface area contributed by atoms with Crippen LogP contribution in [0.5, 0.6) is 0 Å². The number of rotatable bonds is 4. The molecule has 1 rings (SSSR count). The second-order valence-corrected chi connectivity index (χ2v) is 3.56. The van der Waals surface area contributed by atoms with E-state index in [1.165, 1.54) is 0 Å². The van der Waals surface area contributed by atoms with Gasteiger partial charge in [-0.1, -0.05) is 12.8 Å². The van der Waals surface area contributed by atoms with E-state index in [1.807, 2.05) is 0 Å². The van der Waals surface area contributed by atoms with E-state index < -0.39 is 23.8 Å². The van der Waals surface area contributed by atoms with Gasteiger partial charge in [0.05, 0.1) is 11.8 Å². The molecule has 0 bridgehead atoms. The maximum atomic E-state index is 11.4. The predicted molar refractivity (Wildman–Crippen MR) is 49.8 cm³/mol. The van der Waals surface area contributed by atoms with Gasteiger partial charge in [-0.3, -0.25) is 19.2 Å². The third-order valence-electron chi connectivity index (χ3n) is 2.70. The van der Waals surface area contributed by atoms with Crippen molar-refractivity contribution in [3.05, 3.63) is 0 Å². The molecule has 0 heterocycles. The van der Waals surface area contributed by atoms with E-state index in [4.69, 9.17) is 0 Å². The van der Waals surface area contributed by atoms with Gasteiger partial charge in [0.2, 0.25) is 0 Å². The van der Waals surface area contributed by atoms with E-state index in [0.29, 0.717) is 12.8 Å². The zero-order valence-electron chi connectivity index (χ0n) is 8.59. The molecule has 2 unspecified atom stereocenters. The lowest BCUT2D eigenvalue weighted by Crippen LogP contribution is -2.34. The van der Waals surface area contributed by atoms with E-state index in [2.05, 4.69) is 9.47 Å². The smallest absolute Gasteiger partial charge is 0.317 e. The maximum Gasteiger partial charge on any atom is 0.317 e. The first-order valence-electron chi connectivity index (χ1n) is 4.99. The van der Waals surface area contributed by atoms with Crippen LogP contribution in [-0.2, 0) is 28.7 Å². The third-order valence-corrected chi connectivity index (χ3v) is 2.70. The second kappa shape index (κ2) is 5.99. The fourth-order valence-electron chi connectivity index (χ4n) is 1.96. The average Bonchev–Trinajstić information content (AvgIpc) is 2.30. The van der Waals surface area contributed by atoms with E-state index in [1.54, 1.807) is 0 Å². The molecule has 0 N–H and O–H groups in total. The molecule has 0 spiro atoms. The van der Waals surface area contributed by atoms with Crippen molar-refractivity contribution in [2.45, 2.75) is 25.7 Å². The molecule has 0 radical (unpaired) electrons. The highest BCUT2D eigenvalue weighted by Crippen LogP contribution is 2.31. The van der Waals surface area contributed by atoms with Gasteiger partial charge in [0.15, 0.2) is 0 Å². The van der Waals surface area contributed by atoms with Crippen LogP contribution in [0.15, 0.2) is 0 Å². The predicted octanol–water partition coefficient (Wildman–Crippen LogP) is 0.192. The molecule has 88 valence electrons. The summed E-state index contributed by atoms with van der Waals surface area (Å²) in [6, 6.07) is 0. The van der Waals surface area contributed by atoms with Crippen molar-refractivity contribution in [1.29, 1.82) is 0 Å². The van der Waals surface area contributed by atoms with Crippen LogP contribution in [0.25, 0.3) is 0 Å². The summed E-state index contributed by atoms with van der Waals surface area (Å²) < 4.78 is 8.45. The summed E-state index contributed by atoms with van der Waals surface area (Å²) in [5, 5.41) is 0. The summed E-state index contributed by atoms with van der Waals surface area (Å²) in [5.41, 5.74) is 0. The van der Waals surface area contributed by atoms with Crippen LogP contribution in [0.1, 0.15) is 25.7 Å². The molecule has 1 fully saturated rings. The first-order chi connectivity index (χ1) is 7.70. The minimum Gasteiger partial charge on any atom is -0.395 e. The highest BCUT2D eigenvalue weighted by molar-refractivity contribution is 5.87. The lowest BCUT2D eigenvalue weighted by Gasteiger charge is -2.26. The van der Waals surface area contributed by atoms with Crippen molar-refractivity contribution in [3.63, 3.8) is 0 Å². The highest BCUT2D eigenvalue weighted by atomic mass is 16.6. The van der Waals surface area contributed by atoms with Crippen LogP contribution in [-0.4, -0.2) is 24.9 Å². The van der Waals surface area contributed by atoms with Gasteiger partial charge in [-0.25, -0.2) is 0 Å². The first-order valence-corrected chi connectivity index (χ1v) is 4.99. The maximum absolute atomic E-state index is 11.4. The summed E-state index contributed by atoms with van der Waals surface area (Å²) in [6.07, 6.45) is 2.49. The quantitative estimate of drug-likeness (QED) is 0.388. The van der Waals surface area contributed by atoms with Crippen molar-refractivity contribution < 1.29 is 28.7 Å². The molecular formula is C10H12O6. The minimum absolute atomic E-state index is 0.0407. The van der Waals surface area contributed by atoms with Crippen LogP contribution < -0.4 is 0 Å². The Morgan fingerprint density at radius 1 is 0.875 bits per heavy atom. The van der Waals surface area contributed by atoms with E-state index in [0.717, 1.165) is 12.8 Å². The zero-order chi connectivity index (χ0) is 12.0. The van der Waals surface area contributed by atoms with Crippen molar-refractivity contribution in [2.24, 2.45) is 11.8 Å². The summed E-state index contributed by atoms with van der Waals surface area (Å²) in [6.45, 7) is 0.0815. The molecule has 6 nitrogen and oxygen atoms in total. The van der Waals surface area contributed by atoms with Crippen LogP contribution in [0.3, 0.4) is 0 Å². The molecule has 0 aromatic rings. The summed E-state index contributed by atoms with van der Waals surface area (Å²) >= 11 is 0. The van der Waals surface area contributed by atoms with Gasteiger partial charge in [0.1, 0.15) is 0 Å². The van der Waals surface area contributed by atoms with Crippen molar-refractivity contribution >= 4 is 24.9 Å². The fraction of sp³-hybridized carbons (Fsp3) is 0.600. The summed E-state index contributed by atoms with van der Waals surface area (Å²) in [5.74, 6) is -2.84. The highest BCUT2D eigenvalue weighted by Gasteiger charge is 2.37. The Bertz CT molecular complexity index is 268. The molecule has 0 aromatic carbocycles. The fourth-order valence-corrected chi connectivity index (χ4v) is 1.96. The molecule has 2 atom stereocenters. The molecule has 1 saturated carbocycles. The van der Waals surface area contributed by atoms with Gasteiger partial charge >= 0.3 is 24.9 Å². The van der Waals surface area contributed by atoms with Gasteiger partial charge in [-0.2, -0.15) is 0 Å². The van der Waals surface area contributed by atoms with E-state index >= 15 is 0 Å². The number of hydrogen-bond acceptors (Lipinski definition) is 6. The first kappa shape index (κ1) is 12.4. The van der Waals surface area contributed by atoms with Crippen molar-refractivity contribution in [1.82, 2.24) is 0 Å². The number of hydrogen-bond donors (Lipinski definition) is 0. The number of esters is 2. The molecule has 0 amide bonds. The standard InChI is InChI=1S/C10H12O6/c11-5-15-9(13)7-3-1-2-4-8(7)10(14)16-6-12/h5-8H,1-4H2. The monoisotopic (exact) mass is 228 g/mol. The molecule has 6 heteroatoms. The molecule has 16 heavy (non-hydrogen) atoms. The Labute approximate surface area is 91.9 Å². The lowest BCUT2D eigenvalue weighted by atomic mass is 9.79. The minimum atomic E-state index is -0.734. The van der Waals surface area contributed by atoms with Gasteiger partial charge in [0, 0.05) is 0 Å². The van der Waals surface area contributed by atoms with Crippen LogP contribution in [0, 0.1) is 11.8 Å². The topological polar surface area (TPSA) is 86.7 Å². The van der Waals surface area contributed by atoms with E-state index in [9.17, 15) is 19.2 Å². The van der Waals surface area contributed by atoms with Crippen LogP contribution in [0.2, 0.25) is 0 Å². The Morgan fingerprint density at radius 3 is 1.56 bits per heavy atom. The van der Waals surface area contributed by atoms with Gasteiger partial charge in [-0.05, 0) is 12.8 Å². The SMILES string of the molecule is O=COC(=O)C1CCCCC1C(=O)OC=O. The van der Waals surface area contributed by atoms with Crippen molar-refractivity contribution in [2.75, 3.05) is 0 Å². The van der Waals surface area contributed by atoms with Crippen molar-refractivity contribution in [3.8, 4) is 0 Å². The molecule has 0 aliphatic heterocycles. The summed E-state index contributed by atoms with van der Waals surface area (Å²) in [7, 11) is 0. The number of ether oxygens (including phenoxy) is 2. The molecule has 1 aliphatic rings. The Kier molecular flexibility index (Phi) is 4.63. The molecular weight excluding hydrogens is 216 g/mol. The average molecular weight is 228 g/mol. The van der Waals surface area contributed by atoms with Gasteiger partial charge in [-0.15, -0.1) is 0 Å². The van der Waals surface area contributed by atoms with Crippen LogP contribution in [0.4, 0.5) is 0 Å². The molecule has 0 saturated heterocycles. The Balaban J connectivity index is 2.69. The normalized spacial score (nSPS) is 24.2. The zero-order valence-corrected chi connectivity index (χ0v) is 8.59. The van der Waals surface area contributed by atoms with E-state index in [-0.39, 0.29) is 12.9 Å². The van der Waals surface area contributed by atoms with Crippen LogP contribution >= 0.6 is 0 Å². The Hall–Kier alpha value is -1.72. The third kappa shape index (κ3) is 2.88. The largest absolute Gasteiger partial charge is 0.395 e. The number of carbonyl (C=O) groups is 4. The van der Waals surface area contributed by atoms with Gasteiger partial charge < -0.3 is 9.47 Å². The summed E-state index contributed by atoms with van der Waals surface area (Å²) in [4.78, 5) is 42.8.